The van der Waals surface area contributed by atoms with Crippen LogP contribution in [0.1, 0.15) is 37.4 Å². The minimum Gasteiger partial charge on any atom is -0.390 e. The van der Waals surface area contributed by atoms with Gasteiger partial charge in [-0.15, -0.1) is 11.3 Å². The van der Waals surface area contributed by atoms with E-state index in [4.69, 9.17) is 9.84 Å². The Morgan fingerprint density at radius 1 is 1.50 bits per heavy atom. The molecule has 0 amide bonds. The standard InChI is InChI=1S/C11H17NO3S/c1-7-3-11(14,4-8(2)15-7)10-12-9(5-13)6-16-10/h6-8,13-14H,3-5H2,1-2H3. The third-order valence-electron chi connectivity index (χ3n) is 2.83. The molecule has 0 saturated carbocycles. The Morgan fingerprint density at radius 2 is 2.12 bits per heavy atom. The second kappa shape index (κ2) is 4.41. The molecule has 1 aromatic rings. The molecular formula is C11H17NO3S. The molecule has 0 aliphatic carbocycles. The van der Waals surface area contributed by atoms with Gasteiger partial charge in [-0.25, -0.2) is 4.98 Å². The van der Waals surface area contributed by atoms with Crippen molar-refractivity contribution in [3.8, 4) is 0 Å². The highest BCUT2D eigenvalue weighted by molar-refractivity contribution is 7.09. The number of aromatic nitrogens is 1. The van der Waals surface area contributed by atoms with Crippen molar-refractivity contribution in [3.05, 3.63) is 16.1 Å². The number of aliphatic hydroxyl groups excluding tert-OH is 1. The fourth-order valence-corrected chi connectivity index (χ4v) is 3.23. The Labute approximate surface area is 98.9 Å². The summed E-state index contributed by atoms with van der Waals surface area (Å²) in [7, 11) is 0. The minimum absolute atomic E-state index is 0.0372. The van der Waals surface area contributed by atoms with Gasteiger partial charge in [0.2, 0.25) is 0 Å². The summed E-state index contributed by atoms with van der Waals surface area (Å²) in [6, 6.07) is 0. The first-order chi connectivity index (χ1) is 7.53. The lowest BCUT2D eigenvalue weighted by Gasteiger charge is -2.37. The third kappa shape index (κ3) is 2.27. The van der Waals surface area contributed by atoms with Crippen molar-refractivity contribution in [1.82, 2.24) is 4.98 Å². The topological polar surface area (TPSA) is 62.6 Å². The molecule has 2 N–H and O–H groups in total. The molecule has 1 aliphatic rings. The molecule has 0 bridgehead atoms. The number of thiazole rings is 1. The molecular weight excluding hydrogens is 226 g/mol. The Bertz CT molecular complexity index is 356. The maximum atomic E-state index is 10.6. The molecule has 2 unspecified atom stereocenters. The van der Waals surface area contributed by atoms with E-state index in [0.717, 1.165) is 0 Å². The monoisotopic (exact) mass is 243 g/mol. The molecule has 5 heteroatoms. The van der Waals surface area contributed by atoms with Gasteiger partial charge >= 0.3 is 0 Å². The van der Waals surface area contributed by atoms with Crippen molar-refractivity contribution in [2.24, 2.45) is 0 Å². The summed E-state index contributed by atoms with van der Waals surface area (Å²) in [4.78, 5) is 4.26. The number of ether oxygens (including phenoxy) is 1. The normalized spacial score (nSPS) is 35.2. The van der Waals surface area contributed by atoms with Crippen LogP contribution in [0.3, 0.4) is 0 Å². The fraction of sp³-hybridized carbons (Fsp3) is 0.727. The van der Waals surface area contributed by atoms with Crippen LogP contribution in [0.25, 0.3) is 0 Å². The molecule has 2 heterocycles. The zero-order valence-electron chi connectivity index (χ0n) is 9.51. The lowest BCUT2D eigenvalue weighted by molar-refractivity contribution is -0.135. The SMILES string of the molecule is CC1CC(O)(c2nc(CO)cs2)CC(C)O1. The van der Waals surface area contributed by atoms with E-state index in [1.165, 1.54) is 11.3 Å². The van der Waals surface area contributed by atoms with Gasteiger partial charge in [-0.1, -0.05) is 0 Å². The van der Waals surface area contributed by atoms with Gasteiger partial charge in [0.05, 0.1) is 24.5 Å². The summed E-state index contributed by atoms with van der Waals surface area (Å²) < 4.78 is 5.60. The van der Waals surface area contributed by atoms with Gasteiger partial charge < -0.3 is 14.9 Å². The van der Waals surface area contributed by atoms with E-state index >= 15 is 0 Å². The van der Waals surface area contributed by atoms with E-state index < -0.39 is 5.60 Å². The highest BCUT2D eigenvalue weighted by atomic mass is 32.1. The van der Waals surface area contributed by atoms with Crippen LogP contribution in [0.2, 0.25) is 0 Å². The first-order valence-corrected chi connectivity index (χ1v) is 6.35. The Kier molecular flexibility index (Phi) is 3.30. The van der Waals surface area contributed by atoms with Gasteiger partial charge in [0.15, 0.2) is 0 Å². The summed E-state index contributed by atoms with van der Waals surface area (Å²) in [6.45, 7) is 3.84. The van der Waals surface area contributed by atoms with E-state index in [1.54, 1.807) is 5.38 Å². The van der Waals surface area contributed by atoms with E-state index in [-0.39, 0.29) is 18.8 Å². The smallest absolute Gasteiger partial charge is 0.125 e. The second-order valence-electron chi connectivity index (χ2n) is 4.50. The van der Waals surface area contributed by atoms with Crippen LogP contribution in [0.4, 0.5) is 0 Å². The van der Waals surface area contributed by atoms with Gasteiger partial charge in [-0.05, 0) is 13.8 Å². The van der Waals surface area contributed by atoms with Gasteiger partial charge in [0.1, 0.15) is 10.6 Å². The number of aliphatic hydroxyl groups is 2. The van der Waals surface area contributed by atoms with E-state index in [2.05, 4.69) is 4.98 Å². The number of hydrogen-bond acceptors (Lipinski definition) is 5. The van der Waals surface area contributed by atoms with Gasteiger partial charge in [0.25, 0.3) is 0 Å². The van der Waals surface area contributed by atoms with Gasteiger partial charge in [-0.2, -0.15) is 0 Å². The lowest BCUT2D eigenvalue weighted by atomic mass is 9.88. The molecule has 2 rings (SSSR count). The first-order valence-electron chi connectivity index (χ1n) is 5.47. The van der Waals surface area contributed by atoms with Crippen molar-refractivity contribution in [2.75, 3.05) is 0 Å². The van der Waals surface area contributed by atoms with Crippen molar-refractivity contribution < 1.29 is 14.9 Å². The molecule has 1 fully saturated rings. The Balaban J connectivity index is 2.23. The molecule has 16 heavy (non-hydrogen) atoms. The van der Waals surface area contributed by atoms with E-state index in [1.807, 2.05) is 13.8 Å². The summed E-state index contributed by atoms with van der Waals surface area (Å²) in [5, 5.41) is 22.0. The van der Waals surface area contributed by atoms with Crippen LogP contribution in [0.15, 0.2) is 5.38 Å². The first kappa shape index (κ1) is 12.0. The fourth-order valence-electron chi connectivity index (χ4n) is 2.30. The quantitative estimate of drug-likeness (QED) is 0.824. The maximum absolute atomic E-state index is 10.6. The summed E-state index contributed by atoms with van der Waals surface area (Å²) in [6.07, 6.45) is 1.20. The molecule has 90 valence electrons. The zero-order valence-corrected chi connectivity index (χ0v) is 10.3. The van der Waals surface area contributed by atoms with Crippen LogP contribution in [0, 0.1) is 0 Å². The Morgan fingerprint density at radius 3 is 2.62 bits per heavy atom. The number of hydrogen-bond donors (Lipinski definition) is 2. The van der Waals surface area contributed by atoms with E-state index in [9.17, 15) is 5.11 Å². The van der Waals surface area contributed by atoms with Crippen LogP contribution >= 0.6 is 11.3 Å². The maximum Gasteiger partial charge on any atom is 0.125 e. The Hall–Kier alpha value is -0.490. The van der Waals surface area contributed by atoms with Gasteiger partial charge in [0, 0.05) is 18.2 Å². The highest BCUT2D eigenvalue weighted by Crippen LogP contribution is 2.38. The summed E-state index contributed by atoms with van der Waals surface area (Å²) >= 11 is 1.41. The van der Waals surface area contributed by atoms with Crippen LogP contribution < -0.4 is 0 Å². The van der Waals surface area contributed by atoms with Crippen molar-refractivity contribution >= 4 is 11.3 Å². The number of rotatable bonds is 2. The zero-order chi connectivity index (χ0) is 11.8. The molecule has 4 nitrogen and oxygen atoms in total. The van der Waals surface area contributed by atoms with Crippen molar-refractivity contribution in [1.29, 1.82) is 0 Å². The average molecular weight is 243 g/mol. The predicted molar refractivity (Wildman–Crippen MR) is 61.2 cm³/mol. The summed E-state index contributed by atoms with van der Waals surface area (Å²) in [5.41, 5.74) is -0.268. The molecule has 0 radical (unpaired) electrons. The van der Waals surface area contributed by atoms with Crippen LogP contribution in [-0.2, 0) is 16.9 Å². The largest absolute Gasteiger partial charge is 0.390 e. The lowest BCUT2D eigenvalue weighted by Crippen LogP contribution is -2.41. The highest BCUT2D eigenvalue weighted by Gasteiger charge is 2.40. The van der Waals surface area contributed by atoms with E-state index in [0.29, 0.717) is 23.5 Å². The summed E-state index contributed by atoms with van der Waals surface area (Å²) in [5.74, 6) is 0. The van der Waals surface area contributed by atoms with Crippen molar-refractivity contribution in [3.63, 3.8) is 0 Å². The predicted octanol–water partition coefficient (Wildman–Crippen LogP) is 1.41. The number of nitrogens with zero attached hydrogens (tertiary/aromatic N) is 1. The van der Waals surface area contributed by atoms with Gasteiger partial charge in [-0.3, -0.25) is 0 Å². The molecule has 0 aromatic carbocycles. The molecule has 1 aliphatic heterocycles. The molecule has 1 aromatic heterocycles. The third-order valence-corrected chi connectivity index (χ3v) is 3.91. The molecule has 0 spiro atoms. The average Bonchev–Trinajstić information content (AvgIpc) is 2.63. The minimum atomic E-state index is -0.894. The molecule has 2 atom stereocenters. The second-order valence-corrected chi connectivity index (χ2v) is 5.36. The van der Waals surface area contributed by atoms with Crippen LogP contribution in [0.5, 0.6) is 0 Å². The van der Waals surface area contributed by atoms with Crippen LogP contribution in [-0.4, -0.2) is 27.4 Å². The molecule has 1 saturated heterocycles. The van der Waals surface area contributed by atoms with Crippen molar-refractivity contribution in [2.45, 2.75) is 51.1 Å².